The fourth-order valence-corrected chi connectivity index (χ4v) is 7.94. The van der Waals surface area contributed by atoms with E-state index in [1.165, 1.54) is 11.3 Å². The van der Waals surface area contributed by atoms with Gasteiger partial charge in [-0.05, 0) is 42.7 Å². The van der Waals surface area contributed by atoms with Crippen LogP contribution in [-0.2, 0) is 23.9 Å². The van der Waals surface area contributed by atoms with Gasteiger partial charge in [0, 0.05) is 64.8 Å². The molecular formula is C27H30F3N5O2S2. The van der Waals surface area contributed by atoms with E-state index in [0.29, 0.717) is 36.7 Å². The summed E-state index contributed by atoms with van der Waals surface area (Å²) in [6.07, 6.45) is -1.85. The summed E-state index contributed by atoms with van der Waals surface area (Å²) in [6, 6.07) is 8.85. The molecule has 2 unspecified atom stereocenters. The average molecular weight is 578 g/mol. The summed E-state index contributed by atoms with van der Waals surface area (Å²) in [5.41, 5.74) is 2.00. The minimum Gasteiger partial charge on any atom is -0.395 e. The molecule has 39 heavy (non-hydrogen) atoms. The van der Waals surface area contributed by atoms with Crippen molar-refractivity contribution in [3.63, 3.8) is 0 Å². The van der Waals surface area contributed by atoms with E-state index in [1.54, 1.807) is 17.8 Å². The number of nitrogens with one attached hydrogen (secondary N) is 1. The Bertz CT molecular complexity index is 1330. The molecule has 3 aromatic rings. The highest BCUT2D eigenvalue weighted by Crippen LogP contribution is 2.43. The third kappa shape index (κ3) is 5.37. The van der Waals surface area contributed by atoms with E-state index in [9.17, 15) is 18.3 Å². The summed E-state index contributed by atoms with van der Waals surface area (Å²) >= 11 is 2.89. The minimum atomic E-state index is -4.57. The van der Waals surface area contributed by atoms with E-state index >= 15 is 0 Å². The van der Waals surface area contributed by atoms with E-state index in [2.05, 4.69) is 44.1 Å². The van der Waals surface area contributed by atoms with Crippen LogP contribution in [0.3, 0.4) is 0 Å². The maximum Gasteiger partial charge on any atom is 0.420 e. The molecule has 3 aliphatic heterocycles. The molecule has 2 bridgehead atoms. The number of anilines is 3. The summed E-state index contributed by atoms with van der Waals surface area (Å²) < 4.78 is 47.4. The van der Waals surface area contributed by atoms with Gasteiger partial charge in [0.2, 0.25) is 5.95 Å². The van der Waals surface area contributed by atoms with Gasteiger partial charge in [0.1, 0.15) is 5.56 Å². The number of likely N-dealkylation sites (tertiary alicyclic amines) is 1. The molecule has 0 amide bonds. The fourth-order valence-electron chi connectivity index (χ4n) is 5.73. The van der Waals surface area contributed by atoms with Gasteiger partial charge in [-0.1, -0.05) is 6.92 Å². The van der Waals surface area contributed by atoms with Crippen LogP contribution in [-0.4, -0.2) is 70.7 Å². The number of halogens is 3. The first kappa shape index (κ1) is 26.8. The van der Waals surface area contributed by atoms with Crippen molar-refractivity contribution in [3.8, 4) is 10.6 Å². The third-order valence-corrected chi connectivity index (χ3v) is 9.90. The van der Waals surface area contributed by atoms with Gasteiger partial charge in [-0.3, -0.25) is 4.90 Å². The van der Waals surface area contributed by atoms with Gasteiger partial charge >= 0.3 is 6.18 Å². The van der Waals surface area contributed by atoms with Crippen molar-refractivity contribution >= 4 is 40.4 Å². The van der Waals surface area contributed by atoms with Crippen LogP contribution in [0.15, 0.2) is 35.4 Å². The minimum absolute atomic E-state index is 0.117. The number of benzene rings is 1. The molecule has 2 N–H and O–H groups in total. The number of thioether (sulfide) groups is 1. The molecule has 2 atom stereocenters. The second-order valence-electron chi connectivity index (χ2n) is 9.99. The first-order valence-corrected chi connectivity index (χ1v) is 14.9. The van der Waals surface area contributed by atoms with E-state index in [-0.39, 0.29) is 18.2 Å². The number of ether oxygens (including phenoxy) is 1. The normalized spacial score (nSPS) is 21.3. The first-order valence-electron chi connectivity index (χ1n) is 13.1. The van der Waals surface area contributed by atoms with Gasteiger partial charge in [-0.25, -0.2) is 9.97 Å². The quantitative estimate of drug-likeness (QED) is 0.387. The van der Waals surface area contributed by atoms with Crippen molar-refractivity contribution < 1.29 is 23.0 Å². The van der Waals surface area contributed by atoms with Crippen LogP contribution in [0.5, 0.6) is 0 Å². The van der Waals surface area contributed by atoms with E-state index in [0.717, 1.165) is 64.6 Å². The van der Waals surface area contributed by atoms with Crippen molar-refractivity contribution in [1.82, 2.24) is 14.9 Å². The number of hydrogen-bond donors (Lipinski definition) is 2. The zero-order valence-corrected chi connectivity index (χ0v) is 23.1. The monoisotopic (exact) mass is 577 g/mol. The number of aliphatic hydroxyl groups excluding tert-OH is 1. The number of β-amino-alcohol motifs (C(OH)–C–C–N with tert-alkyl or cyclic N) is 1. The third-order valence-electron chi connectivity index (χ3n) is 7.61. The molecule has 1 aromatic carbocycles. The molecule has 5 heterocycles. The Balaban J connectivity index is 1.27. The first-order chi connectivity index (χ1) is 18.8. The van der Waals surface area contributed by atoms with Gasteiger partial charge in [0.25, 0.3) is 0 Å². The van der Waals surface area contributed by atoms with E-state index in [1.807, 2.05) is 6.07 Å². The lowest BCUT2D eigenvalue weighted by Gasteiger charge is -2.35. The Labute approximate surface area is 233 Å². The van der Waals surface area contributed by atoms with Crippen LogP contribution in [0.4, 0.5) is 30.5 Å². The largest absolute Gasteiger partial charge is 0.420 e. The summed E-state index contributed by atoms with van der Waals surface area (Å²) in [6.45, 7) is 5.85. The Morgan fingerprint density at radius 3 is 2.82 bits per heavy atom. The lowest BCUT2D eigenvalue weighted by atomic mass is 10.1. The molecule has 0 aliphatic carbocycles. The van der Waals surface area contributed by atoms with Gasteiger partial charge in [0.15, 0.2) is 0 Å². The second-order valence-corrected chi connectivity index (χ2v) is 12.3. The van der Waals surface area contributed by atoms with Crippen LogP contribution in [0.1, 0.15) is 29.3 Å². The number of piperazine rings is 1. The van der Waals surface area contributed by atoms with Crippen molar-refractivity contribution in [3.05, 3.63) is 46.5 Å². The number of rotatable bonds is 7. The second kappa shape index (κ2) is 10.9. The Kier molecular flexibility index (Phi) is 7.49. The Morgan fingerprint density at radius 2 is 2.08 bits per heavy atom. The molecule has 0 radical (unpaired) electrons. The van der Waals surface area contributed by atoms with Crippen molar-refractivity contribution in [2.75, 3.05) is 48.8 Å². The van der Waals surface area contributed by atoms with Crippen molar-refractivity contribution in [1.29, 1.82) is 0 Å². The van der Waals surface area contributed by atoms with Gasteiger partial charge in [0.05, 0.1) is 30.4 Å². The highest BCUT2D eigenvalue weighted by Gasteiger charge is 2.43. The van der Waals surface area contributed by atoms with Crippen LogP contribution in [0.2, 0.25) is 0 Å². The average Bonchev–Trinajstić information content (AvgIpc) is 3.59. The topological polar surface area (TPSA) is 73.8 Å². The number of nitrogens with zero attached hydrogens (tertiary/aromatic N) is 4. The number of alkyl halides is 3. The molecule has 3 aliphatic rings. The van der Waals surface area contributed by atoms with Crippen LogP contribution >= 0.6 is 23.1 Å². The summed E-state index contributed by atoms with van der Waals surface area (Å²) in [4.78, 5) is 15.6. The van der Waals surface area contributed by atoms with E-state index < -0.39 is 11.7 Å². The number of fused-ring (bicyclic) bond motifs is 3. The predicted octanol–water partition coefficient (Wildman–Crippen LogP) is 5.41. The molecule has 6 rings (SSSR count). The lowest BCUT2D eigenvalue weighted by Crippen LogP contribution is -2.47. The standard InChI is InChI=1S/C27H30F3N5O2S2/c1-2-16-9-17(35-14-18-10-19(35)13-34(18)5-6-36)3-4-21(16)32-26-31-12-20(27(28,29)30)25(33-26)23-11-22-24(39-23)15-37-7-8-38-22/h3-4,9,11-12,18-19,36H,2,5-8,10,13-15H2,1H3,(H,31,32,33). The molecule has 2 saturated heterocycles. The number of aryl methyl sites for hydroxylation is 1. The van der Waals surface area contributed by atoms with Crippen molar-refractivity contribution in [2.45, 2.75) is 49.5 Å². The highest BCUT2D eigenvalue weighted by atomic mass is 32.2. The smallest absolute Gasteiger partial charge is 0.395 e. The summed E-state index contributed by atoms with van der Waals surface area (Å²) in [7, 11) is 0. The number of thiophene rings is 1. The fraction of sp³-hybridized carbons (Fsp3) is 0.481. The van der Waals surface area contributed by atoms with Gasteiger partial charge in [-0.15, -0.1) is 23.1 Å². The molecule has 12 heteroatoms. The van der Waals surface area contributed by atoms with Gasteiger partial charge in [-0.2, -0.15) is 13.2 Å². The van der Waals surface area contributed by atoms with Crippen molar-refractivity contribution in [2.24, 2.45) is 0 Å². The Morgan fingerprint density at radius 1 is 1.21 bits per heavy atom. The molecule has 7 nitrogen and oxygen atoms in total. The molecule has 0 saturated carbocycles. The SMILES string of the molecule is CCc1cc(N2CC3CC2CN3CCO)ccc1Nc1ncc(C(F)(F)F)c(-c2cc3c(s2)COCCS3)n1. The predicted molar refractivity (Wildman–Crippen MR) is 148 cm³/mol. The molecular weight excluding hydrogens is 547 g/mol. The molecule has 2 aromatic heterocycles. The number of hydrogen-bond acceptors (Lipinski definition) is 9. The zero-order valence-electron chi connectivity index (χ0n) is 21.5. The van der Waals surface area contributed by atoms with Gasteiger partial charge < -0.3 is 20.1 Å². The van der Waals surface area contributed by atoms with Crippen LogP contribution in [0.25, 0.3) is 10.6 Å². The molecule has 208 valence electrons. The maximum absolute atomic E-state index is 13.9. The number of aliphatic hydroxyl groups is 1. The number of aromatic nitrogens is 2. The highest BCUT2D eigenvalue weighted by molar-refractivity contribution is 7.99. The molecule has 2 fully saturated rings. The van der Waals surface area contributed by atoms with Crippen LogP contribution < -0.4 is 10.2 Å². The summed E-state index contributed by atoms with van der Waals surface area (Å²) in [5, 5.41) is 12.5. The van der Waals surface area contributed by atoms with Crippen LogP contribution in [0, 0.1) is 0 Å². The molecule has 0 spiro atoms. The Hall–Kier alpha value is -2.38. The maximum atomic E-state index is 13.9. The zero-order chi connectivity index (χ0) is 27.1. The lowest BCUT2D eigenvalue weighted by molar-refractivity contribution is -0.137. The van der Waals surface area contributed by atoms with E-state index in [4.69, 9.17) is 4.74 Å². The summed E-state index contributed by atoms with van der Waals surface area (Å²) in [5.74, 6) is 0.898.